The Kier molecular flexibility index (Phi) is 3.69. The normalized spacial score (nSPS) is 13.1. The minimum atomic E-state index is -0.384. The van der Waals surface area contributed by atoms with Crippen molar-refractivity contribution in [1.29, 1.82) is 0 Å². The average molecular weight is 342 g/mol. The van der Waals surface area contributed by atoms with Crippen LogP contribution >= 0.6 is 11.8 Å². The molecule has 4 rings (SSSR count). The van der Waals surface area contributed by atoms with Crippen molar-refractivity contribution in [2.45, 2.75) is 11.3 Å². The zero-order chi connectivity index (χ0) is 16.7. The van der Waals surface area contributed by atoms with Gasteiger partial charge in [0.15, 0.2) is 0 Å². The number of fused-ring (bicyclic) bond motifs is 3. The second-order valence-electron chi connectivity index (χ2n) is 5.48. The lowest BCUT2D eigenvalue weighted by molar-refractivity contribution is 0.625. The molecular weight excluding hydrogens is 330 g/mol. The maximum Gasteiger partial charge on any atom is 0.271 e. The van der Waals surface area contributed by atoms with Crippen molar-refractivity contribution in [2.75, 3.05) is 5.75 Å². The molecule has 0 aliphatic carbocycles. The van der Waals surface area contributed by atoms with Gasteiger partial charge >= 0.3 is 0 Å². The molecule has 24 heavy (non-hydrogen) atoms. The molecule has 0 saturated carbocycles. The lowest BCUT2D eigenvalue weighted by Gasteiger charge is -2.11. The zero-order valence-corrected chi connectivity index (χ0v) is 13.3. The van der Waals surface area contributed by atoms with Crippen LogP contribution in [-0.2, 0) is 6.42 Å². The van der Waals surface area contributed by atoms with Gasteiger partial charge in [0.05, 0.1) is 11.4 Å². The maximum atomic E-state index is 13.7. The number of hydrogen-bond acceptors (Lipinski definition) is 3. The molecule has 2 heterocycles. The molecule has 0 N–H and O–H groups in total. The van der Waals surface area contributed by atoms with E-state index < -0.39 is 0 Å². The molecule has 3 nitrogen and oxygen atoms in total. The predicted octanol–water partition coefficient (Wildman–Crippen LogP) is 3.83. The van der Waals surface area contributed by atoms with Crippen LogP contribution in [0.2, 0.25) is 0 Å². The summed E-state index contributed by atoms with van der Waals surface area (Å²) in [6.07, 6.45) is 0.683. The van der Waals surface area contributed by atoms with Crippen molar-refractivity contribution in [3.05, 3.63) is 76.1 Å². The van der Waals surface area contributed by atoms with Crippen LogP contribution in [0.3, 0.4) is 0 Å². The molecule has 120 valence electrons. The smallest absolute Gasteiger partial charge is 0.267 e. The molecule has 1 aromatic heterocycles. The first-order chi connectivity index (χ1) is 11.6. The number of thioether (sulfide) groups is 1. The molecule has 0 bridgehead atoms. The topological polar surface area (TPSA) is 34.9 Å². The summed E-state index contributed by atoms with van der Waals surface area (Å²) in [7, 11) is 0. The first kappa shape index (κ1) is 15.1. The number of hydrogen-bond donors (Lipinski definition) is 0. The van der Waals surface area contributed by atoms with Gasteiger partial charge in [0.2, 0.25) is 0 Å². The fourth-order valence-corrected chi connectivity index (χ4v) is 3.78. The second-order valence-corrected chi connectivity index (χ2v) is 6.62. The van der Waals surface area contributed by atoms with E-state index in [1.807, 2.05) is 0 Å². The van der Waals surface area contributed by atoms with E-state index in [1.54, 1.807) is 17.8 Å². The van der Waals surface area contributed by atoms with Crippen molar-refractivity contribution in [2.24, 2.45) is 0 Å². The fraction of sp³-hybridized carbons (Fsp3) is 0.111. The summed E-state index contributed by atoms with van der Waals surface area (Å²) in [6, 6.07) is 11.7. The Balaban J connectivity index is 1.96. The quantitative estimate of drug-likeness (QED) is 0.674. The maximum absolute atomic E-state index is 13.7. The van der Waals surface area contributed by atoms with Crippen LogP contribution in [0.1, 0.15) is 5.56 Å². The Morgan fingerprint density at radius 3 is 2.54 bits per heavy atom. The third-order valence-electron chi connectivity index (χ3n) is 3.91. The van der Waals surface area contributed by atoms with Gasteiger partial charge < -0.3 is 0 Å². The minimum Gasteiger partial charge on any atom is -0.267 e. The summed E-state index contributed by atoms with van der Waals surface area (Å²) >= 11 is 1.62. The number of rotatable bonds is 1. The number of aromatic nitrogens is 2. The van der Waals surface area contributed by atoms with Crippen LogP contribution < -0.4 is 5.56 Å². The predicted molar refractivity (Wildman–Crippen MR) is 89.6 cm³/mol. The molecule has 0 spiro atoms. The van der Waals surface area contributed by atoms with Crippen molar-refractivity contribution >= 4 is 11.8 Å². The molecule has 1 aliphatic heterocycles. The molecule has 0 radical (unpaired) electrons. The largest absolute Gasteiger partial charge is 0.271 e. The van der Waals surface area contributed by atoms with Gasteiger partial charge in [-0.1, -0.05) is 0 Å². The van der Waals surface area contributed by atoms with Crippen LogP contribution in [0.25, 0.3) is 16.9 Å². The van der Waals surface area contributed by atoms with Crippen molar-refractivity contribution in [3.8, 4) is 16.9 Å². The fourth-order valence-electron chi connectivity index (χ4n) is 2.76. The standard InChI is InChI=1S/C18H12F2N2OS/c19-12-1-4-14(5-2-12)22-17(23)9-11-7-8-24-16-6-3-13(20)10-15(16)18(11)21-22/h1-6,9-10H,7-8H2. The first-order valence-electron chi connectivity index (χ1n) is 7.44. The van der Waals surface area contributed by atoms with Crippen LogP contribution in [0, 0.1) is 11.6 Å². The summed E-state index contributed by atoms with van der Waals surface area (Å²) < 4.78 is 28.1. The number of aryl methyl sites for hydroxylation is 1. The minimum absolute atomic E-state index is 0.287. The average Bonchev–Trinajstić information content (AvgIpc) is 2.74. The summed E-state index contributed by atoms with van der Waals surface area (Å²) in [5, 5.41) is 4.46. The third-order valence-corrected chi connectivity index (χ3v) is 4.98. The molecule has 0 fully saturated rings. The van der Waals surface area contributed by atoms with E-state index in [-0.39, 0.29) is 17.2 Å². The molecule has 1 aliphatic rings. The monoisotopic (exact) mass is 342 g/mol. The van der Waals surface area contributed by atoms with Crippen LogP contribution in [-0.4, -0.2) is 15.5 Å². The van der Waals surface area contributed by atoms with Crippen molar-refractivity contribution in [1.82, 2.24) is 9.78 Å². The number of nitrogens with zero attached hydrogens (tertiary/aromatic N) is 2. The summed E-state index contributed by atoms with van der Waals surface area (Å²) in [5.74, 6) is 0.0711. The number of halogens is 2. The van der Waals surface area contributed by atoms with Gasteiger partial charge in [-0.05, 0) is 54.4 Å². The molecule has 0 unspecified atom stereocenters. The molecule has 0 amide bonds. The summed E-state index contributed by atoms with van der Waals surface area (Å²) in [6.45, 7) is 0. The SMILES string of the molecule is O=c1cc2c(nn1-c1ccc(F)cc1)-c1cc(F)ccc1SCC2. The van der Waals surface area contributed by atoms with Crippen LogP contribution in [0.5, 0.6) is 0 Å². The van der Waals surface area contributed by atoms with E-state index in [2.05, 4.69) is 5.10 Å². The Morgan fingerprint density at radius 1 is 1.00 bits per heavy atom. The highest BCUT2D eigenvalue weighted by Crippen LogP contribution is 2.36. The van der Waals surface area contributed by atoms with E-state index >= 15 is 0 Å². The van der Waals surface area contributed by atoms with E-state index in [9.17, 15) is 13.6 Å². The van der Waals surface area contributed by atoms with Crippen molar-refractivity contribution in [3.63, 3.8) is 0 Å². The van der Waals surface area contributed by atoms with Gasteiger partial charge in [-0.3, -0.25) is 4.79 Å². The Morgan fingerprint density at radius 2 is 1.75 bits per heavy atom. The summed E-state index contributed by atoms with van der Waals surface area (Å²) in [5.41, 5.74) is 2.27. The molecule has 3 aromatic rings. The Labute approximate surface area is 141 Å². The first-order valence-corrected chi connectivity index (χ1v) is 8.42. The van der Waals surface area contributed by atoms with E-state index in [0.717, 1.165) is 16.2 Å². The second kappa shape index (κ2) is 5.87. The lowest BCUT2D eigenvalue weighted by Crippen LogP contribution is -2.22. The highest BCUT2D eigenvalue weighted by atomic mass is 32.2. The Hall–Kier alpha value is -2.47. The van der Waals surface area contributed by atoms with Crippen LogP contribution in [0.15, 0.2) is 58.2 Å². The van der Waals surface area contributed by atoms with Gasteiger partial charge in [-0.15, -0.1) is 11.8 Å². The molecule has 2 aromatic carbocycles. The lowest BCUT2D eigenvalue weighted by atomic mass is 10.0. The van der Waals surface area contributed by atoms with Gasteiger partial charge in [0.1, 0.15) is 11.6 Å². The molecule has 6 heteroatoms. The highest BCUT2D eigenvalue weighted by molar-refractivity contribution is 7.99. The van der Waals surface area contributed by atoms with Gasteiger partial charge in [-0.2, -0.15) is 9.78 Å². The molecule has 0 atom stereocenters. The summed E-state index contributed by atoms with van der Waals surface area (Å²) in [4.78, 5) is 13.3. The van der Waals surface area contributed by atoms with Gasteiger partial charge in [0.25, 0.3) is 5.56 Å². The van der Waals surface area contributed by atoms with E-state index in [0.29, 0.717) is 23.4 Å². The van der Waals surface area contributed by atoms with Gasteiger partial charge in [0, 0.05) is 22.3 Å². The zero-order valence-electron chi connectivity index (χ0n) is 12.5. The van der Waals surface area contributed by atoms with Crippen molar-refractivity contribution < 1.29 is 8.78 Å². The highest BCUT2D eigenvalue weighted by Gasteiger charge is 2.19. The van der Waals surface area contributed by atoms with Crippen LogP contribution in [0.4, 0.5) is 8.78 Å². The molecule has 0 saturated heterocycles. The third kappa shape index (κ3) is 2.63. The van der Waals surface area contributed by atoms with E-state index in [1.165, 1.54) is 47.1 Å². The van der Waals surface area contributed by atoms with Gasteiger partial charge in [-0.25, -0.2) is 8.78 Å². The molecular formula is C18H12F2N2OS. The van der Waals surface area contributed by atoms with E-state index in [4.69, 9.17) is 0 Å². The Bertz CT molecular complexity index is 983. The number of benzene rings is 2.